The van der Waals surface area contributed by atoms with E-state index in [1.807, 2.05) is 0 Å². The quantitative estimate of drug-likeness (QED) is 0.133. The molecule has 2 aliphatic heterocycles. The van der Waals surface area contributed by atoms with Crippen LogP contribution in [-0.4, -0.2) is 117 Å². The van der Waals surface area contributed by atoms with Gasteiger partial charge in [-0.3, -0.25) is 9.13 Å². The first-order chi connectivity index (χ1) is 19.5. The molecule has 4 aromatic heterocycles. The fourth-order valence-electron chi connectivity index (χ4n) is 4.51. The summed E-state index contributed by atoms with van der Waals surface area (Å²) in [5.41, 5.74) is 11.6. The predicted octanol–water partition coefficient (Wildman–Crippen LogP) is -2.42. The summed E-state index contributed by atoms with van der Waals surface area (Å²) in [6.07, 6.45) is -8.07. The molecule has 6 rings (SSSR count). The Hall–Kier alpha value is -3.76. The van der Waals surface area contributed by atoms with E-state index in [9.17, 15) is 29.2 Å². The van der Waals surface area contributed by atoms with E-state index in [0.29, 0.717) is 0 Å². The SMILES string of the molecule is COC[C@H]1O[C@@H](n2cnc3c(N)nc(F)nc32)[C@@H](O)[C@@H]1O.CO[C@H]1O[C@@H](n2cnc3c(N)nc(F)nc32)[C@@H](O)[C@@H]1O. The van der Waals surface area contributed by atoms with Crippen molar-refractivity contribution < 1.29 is 48.2 Å². The smallest absolute Gasteiger partial charge is 0.312 e. The number of halogens is 2. The zero-order valence-electron chi connectivity index (χ0n) is 21.4. The van der Waals surface area contributed by atoms with Gasteiger partial charge < -0.3 is 50.8 Å². The molecule has 4 aromatic rings. The van der Waals surface area contributed by atoms with Gasteiger partial charge in [-0.15, -0.1) is 0 Å². The number of rotatable bonds is 5. The number of anilines is 2. The van der Waals surface area contributed by atoms with Crippen molar-refractivity contribution >= 4 is 34.0 Å². The van der Waals surface area contributed by atoms with Crippen LogP contribution in [0.4, 0.5) is 20.4 Å². The molecular weight excluding hydrogens is 558 g/mol. The summed E-state index contributed by atoms with van der Waals surface area (Å²) in [7, 11) is 2.78. The molecule has 20 heteroatoms. The standard InChI is InChI=1S/C11H14FN5O4.C10H12FN5O4/c1-20-2-4-6(18)7(19)10(21-4)17-3-14-5-8(13)15-11(12)16-9(5)17;1-19-9-5(18)4(17)8(20-9)16-2-13-3-6(12)14-10(11)15-7(3)16/h3-4,6-7,10,18-19H,2H2,1H3,(H2,13,15,16);2,4-5,8-9,17-18H,1H3,(H2,12,14,15)/t4-,6-,7+,10-;4-,5-,8+,9-/m10/s1. The van der Waals surface area contributed by atoms with Crippen molar-refractivity contribution in [2.24, 2.45) is 0 Å². The first-order valence-electron chi connectivity index (χ1n) is 11.9. The van der Waals surface area contributed by atoms with Crippen molar-refractivity contribution in [1.29, 1.82) is 0 Å². The van der Waals surface area contributed by atoms with Crippen LogP contribution < -0.4 is 11.5 Å². The summed E-state index contributed by atoms with van der Waals surface area (Å²) in [4.78, 5) is 21.8. The summed E-state index contributed by atoms with van der Waals surface area (Å²) >= 11 is 0. The van der Waals surface area contributed by atoms with Gasteiger partial charge in [0.15, 0.2) is 52.7 Å². The second-order valence-electron chi connectivity index (χ2n) is 9.02. The van der Waals surface area contributed by atoms with E-state index < -0.39 is 61.4 Å². The van der Waals surface area contributed by atoms with E-state index in [1.54, 1.807) is 0 Å². The molecule has 41 heavy (non-hydrogen) atoms. The number of nitrogen functional groups attached to an aromatic ring is 2. The molecule has 6 heterocycles. The van der Waals surface area contributed by atoms with Gasteiger partial charge in [-0.1, -0.05) is 0 Å². The molecule has 2 saturated heterocycles. The molecule has 2 fully saturated rings. The van der Waals surface area contributed by atoms with Crippen molar-refractivity contribution in [2.45, 2.75) is 49.3 Å². The number of nitrogens with zero attached hydrogens (tertiary/aromatic N) is 8. The van der Waals surface area contributed by atoms with E-state index in [4.69, 9.17) is 30.4 Å². The van der Waals surface area contributed by atoms with Gasteiger partial charge in [-0.25, -0.2) is 9.97 Å². The molecule has 8 atom stereocenters. The second-order valence-corrected chi connectivity index (χ2v) is 9.02. The van der Waals surface area contributed by atoms with Crippen LogP contribution in [-0.2, 0) is 18.9 Å². The van der Waals surface area contributed by atoms with Gasteiger partial charge >= 0.3 is 12.2 Å². The van der Waals surface area contributed by atoms with Gasteiger partial charge in [0.25, 0.3) is 0 Å². The van der Waals surface area contributed by atoms with E-state index >= 15 is 0 Å². The summed E-state index contributed by atoms with van der Waals surface area (Å²) in [6, 6.07) is 0. The van der Waals surface area contributed by atoms with Crippen LogP contribution in [0.5, 0.6) is 0 Å². The number of imidazole rings is 2. The molecule has 0 amide bonds. The number of methoxy groups -OCH3 is 2. The molecular formula is C21H26F2N10O8. The normalized spacial score (nSPS) is 29.8. The number of fused-ring (bicyclic) bond motifs is 2. The molecule has 0 spiro atoms. The maximum Gasteiger partial charge on any atom is 0.312 e. The third-order valence-electron chi connectivity index (χ3n) is 6.49. The highest BCUT2D eigenvalue weighted by atomic mass is 19.1. The van der Waals surface area contributed by atoms with Gasteiger partial charge in [0.05, 0.1) is 19.3 Å². The minimum Gasteiger partial charge on any atom is -0.387 e. The maximum absolute atomic E-state index is 13.3. The predicted molar refractivity (Wildman–Crippen MR) is 130 cm³/mol. The Balaban J connectivity index is 0.000000165. The van der Waals surface area contributed by atoms with Crippen LogP contribution in [0, 0.1) is 12.2 Å². The number of nitrogens with two attached hydrogens (primary N) is 2. The lowest BCUT2D eigenvalue weighted by atomic mass is 10.1. The molecule has 2 aliphatic rings. The molecule has 0 bridgehead atoms. The first-order valence-corrected chi connectivity index (χ1v) is 11.9. The van der Waals surface area contributed by atoms with Crippen LogP contribution in [0.1, 0.15) is 12.5 Å². The third-order valence-corrected chi connectivity index (χ3v) is 6.49. The fraction of sp³-hybridized carbons (Fsp3) is 0.524. The Morgan fingerprint density at radius 2 is 1.27 bits per heavy atom. The number of aliphatic hydroxyl groups is 4. The van der Waals surface area contributed by atoms with Gasteiger partial charge in [0, 0.05) is 14.2 Å². The Labute approximate surface area is 228 Å². The molecule has 0 radical (unpaired) electrons. The molecule has 18 nitrogen and oxygen atoms in total. The fourth-order valence-corrected chi connectivity index (χ4v) is 4.51. The first kappa shape index (κ1) is 28.8. The zero-order chi connectivity index (χ0) is 29.6. The van der Waals surface area contributed by atoms with Crippen molar-refractivity contribution in [3.8, 4) is 0 Å². The Morgan fingerprint density at radius 3 is 1.73 bits per heavy atom. The van der Waals surface area contributed by atoms with Crippen LogP contribution in [0.3, 0.4) is 0 Å². The van der Waals surface area contributed by atoms with Gasteiger partial charge in [0.2, 0.25) is 0 Å². The number of hydrogen-bond donors (Lipinski definition) is 6. The lowest BCUT2D eigenvalue weighted by Gasteiger charge is -2.16. The lowest BCUT2D eigenvalue weighted by Crippen LogP contribution is -2.33. The van der Waals surface area contributed by atoms with Gasteiger partial charge in [0.1, 0.15) is 30.5 Å². The highest BCUT2D eigenvalue weighted by Crippen LogP contribution is 2.33. The molecule has 0 aromatic carbocycles. The minimum absolute atomic E-state index is 0.0583. The molecule has 0 saturated carbocycles. The van der Waals surface area contributed by atoms with E-state index in [1.165, 1.54) is 36.0 Å². The summed E-state index contributed by atoms with van der Waals surface area (Å²) in [5, 5.41) is 39.7. The number of aliphatic hydroxyl groups excluding tert-OH is 4. The monoisotopic (exact) mass is 584 g/mol. The summed E-state index contributed by atoms with van der Waals surface area (Å²) in [6.45, 7) is 0.104. The molecule has 0 aliphatic carbocycles. The van der Waals surface area contributed by atoms with Crippen molar-refractivity contribution in [3.63, 3.8) is 0 Å². The van der Waals surface area contributed by atoms with Crippen LogP contribution in [0.2, 0.25) is 0 Å². The van der Waals surface area contributed by atoms with E-state index in [0.717, 1.165) is 0 Å². The van der Waals surface area contributed by atoms with Crippen molar-refractivity contribution in [2.75, 3.05) is 32.3 Å². The third kappa shape index (κ3) is 5.10. The topological polar surface area (TPSA) is 257 Å². The van der Waals surface area contributed by atoms with Crippen molar-refractivity contribution in [1.82, 2.24) is 39.0 Å². The average Bonchev–Trinajstić information content (AvgIpc) is 3.67. The largest absolute Gasteiger partial charge is 0.387 e. The van der Waals surface area contributed by atoms with Gasteiger partial charge in [-0.05, 0) is 0 Å². The summed E-state index contributed by atoms with van der Waals surface area (Å²) in [5.74, 6) is -0.236. The maximum atomic E-state index is 13.3. The zero-order valence-corrected chi connectivity index (χ0v) is 21.4. The Kier molecular flexibility index (Phi) is 7.89. The van der Waals surface area contributed by atoms with Crippen LogP contribution >= 0.6 is 0 Å². The average molecular weight is 584 g/mol. The number of ether oxygens (including phenoxy) is 4. The Morgan fingerprint density at radius 1 is 0.780 bits per heavy atom. The van der Waals surface area contributed by atoms with E-state index in [-0.39, 0.29) is 40.6 Å². The van der Waals surface area contributed by atoms with Crippen molar-refractivity contribution in [3.05, 3.63) is 24.8 Å². The number of hydrogen-bond acceptors (Lipinski definition) is 16. The Bertz CT molecular complexity index is 1540. The lowest BCUT2D eigenvalue weighted by molar-refractivity contribution is -0.160. The molecule has 222 valence electrons. The van der Waals surface area contributed by atoms with Gasteiger partial charge in [-0.2, -0.15) is 28.7 Å². The molecule has 8 N–H and O–H groups in total. The summed E-state index contributed by atoms with van der Waals surface area (Å²) < 4.78 is 49.8. The van der Waals surface area contributed by atoms with E-state index in [2.05, 4.69) is 29.9 Å². The highest BCUT2D eigenvalue weighted by Gasteiger charge is 2.45. The van der Waals surface area contributed by atoms with Crippen LogP contribution in [0.25, 0.3) is 22.3 Å². The number of aromatic nitrogens is 8. The second kappa shape index (κ2) is 11.3. The molecule has 0 unspecified atom stereocenters. The highest BCUT2D eigenvalue weighted by molar-refractivity contribution is 5.82. The van der Waals surface area contributed by atoms with Crippen LogP contribution in [0.15, 0.2) is 12.7 Å². The minimum atomic E-state index is -1.28.